The molecule has 1 aliphatic rings. The van der Waals surface area contributed by atoms with Gasteiger partial charge in [0.25, 0.3) is 0 Å². The second-order valence-corrected chi connectivity index (χ2v) is 7.58. The third-order valence-corrected chi connectivity index (χ3v) is 5.25. The maximum Gasteiger partial charge on any atom is 0.173 e. The van der Waals surface area contributed by atoms with E-state index in [9.17, 15) is 9.50 Å². The van der Waals surface area contributed by atoms with Crippen LogP contribution in [0.3, 0.4) is 0 Å². The van der Waals surface area contributed by atoms with Gasteiger partial charge in [-0.2, -0.15) is 5.10 Å². The van der Waals surface area contributed by atoms with E-state index in [1.54, 1.807) is 22.9 Å². The standard InChI is InChI=1S/C20H22FN7O/c1-11-8-27(4-3-22-11)14-6-16-18(17(29)7-14)19(26-25-16)24-13-5-15(21)20-23-12(2)9-28(20)10-13/h5-7,9-11,22,29H,3-4,8H2,1-2H3,(H2,24,25,26). The number of phenolic OH excluding ortho intramolecular Hbond substituents is 1. The summed E-state index contributed by atoms with van der Waals surface area (Å²) < 4.78 is 16.0. The topological polar surface area (TPSA) is 93.5 Å². The summed E-state index contributed by atoms with van der Waals surface area (Å²) in [6.07, 6.45) is 3.50. The van der Waals surface area contributed by atoms with Gasteiger partial charge in [0.2, 0.25) is 0 Å². The fourth-order valence-corrected chi connectivity index (χ4v) is 3.95. The highest BCUT2D eigenvalue weighted by Gasteiger charge is 2.19. The lowest BCUT2D eigenvalue weighted by Gasteiger charge is -2.33. The lowest BCUT2D eigenvalue weighted by Crippen LogP contribution is -2.49. The monoisotopic (exact) mass is 395 g/mol. The first-order chi connectivity index (χ1) is 14.0. The summed E-state index contributed by atoms with van der Waals surface area (Å²) in [5, 5.41) is 25.0. The Bertz CT molecular complexity index is 1210. The van der Waals surface area contributed by atoms with Gasteiger partial charge >= 0.3 is 0 Å². The molecule has 29 heavy (non-hydrogen) atoms. The molecule has 4 aromatic rings. The van der Waals surface area contributed by atoms with Gasteiger partial charge in [0.05, 0.1) is 22.3 Å². The molecule has 150 valence electrons. The van der Waals surface area contributed by atoms with Gasteiger partial charge in [0, 0.05) is 55.9 Å². The molecule has 5 rings (SSSR count). The highest BCUT2D eigenvalue weighted by molar-refractivity contribution is 5.98. The summed E-state index contributed by atoms with van der Waals surface area (Å²) in [5.41, 5.74) is 3.19. The predicted molar refractivity (Wildman–Crippen MR) is 111 cm³/mol. The van der Waals surface area contributed by atoms with Crippen LogP contribution in [0.5, 0.6) is 5.75 Å². The molecular weight excluding hydrogens is 373 g/mol. The number of H-pyrrole nitrogens is 1. The molecule has 1 aromatic carbocycles. The van der Waals surface area contributed by atoms with Crippen molar-refractivity contribution in [3.05, 3.63) is 42.1 Å². The minimum absolute atomic E-state index is 0.125. The Balaban J connectivity index is 1.50. The Morgan fingerprint density at radius 3 is 2.97 bits per heavy atom. The number of nitrogens with one attached hydrogen (secondary N) is 3. The van der Waals surface area contributed by atoms with Crippen molar-refractivity contribution in [3.63, 3.8) is 0 Å². The number of phenols is 1. The molecule has 0 spiro atoms. The number of aryl methyl sites for hydroxylation is 1. The van der Waals surface area contributed by atoms with Gasteiger partial charge in [-0.05, 0) is 19.9 Å². The summed E-state index contributed by atoms with van der Waals surface area (Å²) >= 11 is 0. The van der Waals surface area contributed by atoms with Gasteiger partial charge < -0.3 is 25.0 Å². The number of imidazole rings is 1. The van der Waals surface area contributed by atoms with Gasteiger partial charge in [-0.3, -0.25) is 5.10 Å². The van der Waals surface area contributed by atoms with Crippen molar-refractivity contribution in [2.75, 3.05) is 29.9 Å². The van der Waals surface area contributed by atoms with E-state index >= 15 is 0 Å². The number of aromatic hydroxyl groups is 1. The van der Waals surface area contributed by atoms with E-state index < -0.39 is 5.82 Å². The number of anilines is 3. The Morgan fingerprint density at radius 1 is 1.28 bits per heavy atom. The molecule has 9 heteroatoms. The summed E-state index contributed by atoms with van der Waals surface area (Å²) in [5.74, 6) is 0.135. The van der Waals surface area contributed by atoms with Gasteiger partial charge in [-0.15, -0.1) is 0 Å². The number of halogens is 1. The fourth-order valence-electron chi connectivity index (χ4n) is 3.95. The van der Waals surface area contributed by atoms with Crippen molar-refractivity contribution in [1.82, 2.24) is 24.9 Å². The summed E-state index contributed by atoms with van der Waals surface area (Å²) in [4.78, 5) is 6.40. The van der Waals surface area contributed by atoms with E-state index in [1.165, 1.54) is 6.07 Å². The van der Waals surface area contributed by atoms with Gasteiger partial charge in [0.15, 0.2) is 17.3 Å². The van der Waals surface area contributed by atoms with Crippen molar-refractivity contribution in [3.8, 4) is 5.75 Å². The van der Waals surface area contributed by atoms with E-state index in [0.29, 0.717) is 28.5 Å². The average molecular weight is 395 g/mol. The van der Waals surface area contributed by atoms with Crippen LogP contribution < -0.4 is 15.5 Å². The highest BCUT2D eigenvalue weighted by Crippen LogP contribution is 2.36. The second-order valence-electron chi connectivity index (χ2n) is 7.58. The van der Waals surface area contributed by atoms with E-state index in [-0.39, 0.29) is 11.4 Å². The van der Waals surface area contributed by atoms with Crippen molar-refractivity contribution >= 4 is 33.7 Å². The Morgan fingerprint density at radius 2 is 2.14 bits per heavy atom. The normalized spacial score (nSPS) is 17.3. The number of fused-ring (bicyclic) bond motifs is 2. The van der Waals surface area contributed by atoms with E-state index in [1.807, 2.05) is 13.0 Å². The first kappa shape index (κ1) is 17.7. The largest absolute Gasteiger partial charge is 0.507 e. The average Bonchev–Trinajstić information content (AvgIpc) is 3.25. The quantitative estimate of drug-likeness (QED) is 0.426. The van der Waals surface area contributed by atoms with E-state index in [0.717, 1.165) is 31.0 Å². The molecule has 4 heterocycles. The number of aromatic nitrogens is 4. The third kappa shape index (κ3) is 3.13. The number of rotatable bonds is 3. The zero-order chi connectivity index (χ0) is 20.1. The molecule has 1 saturated heterocycles. The van der Waals surface area contributed by atoms with Crippen LogP contribution in [0.2, 0.25) is 0 Å². The van der Waals surface area contributed by atoms with Crippen LogP contribution in [0.25, 0.3) is 16.6 Å². The van der Waals surface area contributed by atoms with Crippen LogP contribution in [0.4, 0.5) is 21.6 Å². The zero-order valence-electron chi connectivity index (χ0n) is 16.2. The molecule has 0 radical (unpaired) electrons. The Kier molecular flexibility index (Phi) is 4.06. The SMILES string of the molecule is Cc1cn2cc(Nc3n[nH]c4cc(N5CCNC(C)C5)cc(O)c34)cc(F)c2n1. The second kappa shape index (κ2) is 6.63. The van der Waals surface area contributed by atoms with Crippen molar-refractivity contribution in [2.45, 2.75) is 19.9 Å². The maximum atomic E-state index is 14.4. The van der Waals surface area contributed by atoms with E-state index in [4.69, 9.17) is 0 Å². The van der Waals surface area contributed by atoms with Crippen LogP contribution in [0.15, 0.2) is 30.6 Å². The number of piperazine rings is 1. The van der Waals surface area contributed by atoms with Gasteiger partial charge in [0.1, 0.15) is 5.75 Å². The molecule has 1 unspecified atom stereocenters. The predicted octanol–water partition coefficient (Wildman–Crippen LogP) is 2.91. The number of nitrogens with zero attached hydrogens (tertiary/aromatic N) is 4. The van der Waals surface area contributed by atoms with Crippen molar-refractivity contribution in [2.24, 2.45) is 0 Å². The number of pyridine rings is 1. The molecule has 0 bridgehead atoms. The van der Waals surface area contributed by atoms with Crippen molar-refractivity contribution < 1.29 is 9.50 Å². The first-order valence-corrected chi connectivity index (χ1v) is 9.59. The number of hydrogen-bond acceptors (Lipinski definition) is 6. The molecular formula is C20H22FN7O. The smallest absolute Gasteiger partial charge is 0.173 e. The van der Waals surface area contributed by atoms with Crippen LogP contribution in [0, 0.1) is 12.7 Å². The molecule has 0 amide bonds. The zero-order valence-corrected chi connectivity index (χ0v) is 16.2. The van der Waals surface area contributed by atoms with Crippen LogP contribution >= 0.6 is 0 Å². The third-order valence-electron chi connectivity index (χ3n) is 5.25. The Hall–Kier alpha value is -3.33. The maximum absolute atomic E-state index is 14.4. The molecule has 4 N–H and O–H groups in total. The number of hydrogen-bond donors (Lipinski definition) is 4. The minimum atomic E-state index is -0.428. The summed E-state index contributed by atoms with van der Waals surface area (Å²) in [7, 11) is 0. The molecule has 8 nitrogen and oxygen atoms in total. The van der Waals surface area contributed by atoms with E-state index in [2.05, 4.69) is 37.6 Å². The minimum Gasteiger partial charge on any atom is -0.507 e. The number of benzene rings is 1. The van der Waals surface area contributed by atoms with Crippen molar-refractivity contribution in [1.29, 1.82) is 0 Å². The van der Waals surface area contributed by atoms with Gasteiger partial charge in [-0.1, -0.05) is 0 Å². The molecule has 1 aliphatic heterocycles. The summed E-state index contributed by atoms with van der Waals surface area (Å²) in [6.45, 7) is 6.60. The lowest BCUT2D eigenvalue weighted by molar-refractivity contribution is 0.475. The number of aromatic amines is 1. The molecule has 0 saturated carbocycles. The van der Waals surface area contributed by atoms with Crippen LogP contribution in [-0.2, 0) is 0 Å². The molecule has 1 atom stereocenters. The lowest BCUT2D eigenvalue weighted by atomic mass is 10.1. The summed E-state index contributed by atoms with van der Waals surface area (Å²) in [6, 6.07) is 5.49. The van der Waals surface area contributed by atoms with Crippen LogP contribution in [0.1, 0.15) is 12.6 Å². The fraction of sp³-hybridized carbons (Fsp3) is 0.300. The highest BCUT2D eigenvalue weighted by atomic mass is 19.1. The molecule has 1 fully saturated rings. The Labute approximate surface area is 166 Å². The first-order valence-electron chi connectivity index (χ1n) is 9.59. The van der Waals surface area contributed by atoms with Crippen LogP contribution in [-0.4, -0.2) is 50.4 Å². The molecule has 3 aromatic heterocycles. The molecule has 0 aliphatic carbocycles. The van der Waals surface area contributed by atoms with Gasteiger partial charge in [-0.25, -0.2) is 9.37 Å².